The van der Waals surface area contributed by atoms with E-state index in [0.29, 0.717) is 0 Å². The van der Waals surface area contributed by atoms with Crippen molar-refractivity contribution in [3.05, 3.63) is 23.8 Å². The molecule has 3 N–H and O–H groups in total. The lowest BCUT2D eigenvalue weighted by molar-refractivity contribution is 0.440. The number of nitrogen functional groups attached to an aromatic ring is 1. The van der Waals surface area contributed by atoms with Gasteiger partial charge in [0.2, 0.25) is 0 Å². The van der Waals surface area contributed by atoms with Crippen LogP contribution in [-0.4, -0.2) is 6.54 Å². The Balaban J connectivity index is 1.94. The first-order valence-corrected chi connectivity index (χ1v) is 6.27. The molecule has 1 aliphatic carbocycles. The zero-order valence-electron chi connectivity index (χ0n) is 10.3. The van der Waals surface area contributed by atoms with E-state index in [4.69, 9.17) is 5.73 Å². The third-order valence-corrected chi connectivity index (χ3v) is 3.80. The lowest BCUT2D eigenvalue weighted by Crippen LogP contribution is -2.17. The van der Waals surface area contributed by atoms with Gasteiger partial charge in [0.1, 0.15) is 0 Å². The molecule has 2 atom stereocenters. The van der Waals surface area contributed by atoms with Gasteiger partial charge in [-0.25, -0.2) is 0 Å². The summed E-state index contributed by atoms with van der Waals surface area (Å²) in [6.07, 6.45) is 4.13. The highest BCUT2D eigenvalue weighted by Crippen LogP contribution is 2.31. The SMILES string of the molecule is Cc1ccc(NCC2CCCC2C)c(N)c1. The minimum absolute atomic E-state index is 0.820. The second kappa shape index (κ2) is 4.77. The molecule has 0 amide bonds. The van der Waals surface area contributed by atoms with Crippen LogP contribution in [0.1, 0.15) is 31.7 Å². The largest absolute Gasteiger partial charge is 0.397 e. The summed E-state index contributed by atoms with van der Waals surface area (Å²) < 4.78 is 0. The molecule has 1 aromatic rings. The number of rotatable bonds is 3. The van der Waals surface area contributed by atoms with Crippen LogP contribution in [0, 0.1) is 18.8 Å². The first-order chi connectivity index (χ1) is 7.66. The molecular formula is C14H22N2. The van der Waals surface area contributed by atoms with E-state index in [1.807, 2.05) is 6.07 Å². The Morgan fingerprint density at radius 3 is 2.81 bits per heavy atom. The molecule has 1 saturated carbocycles. The molecule has 0 spiro atoms. The van der Waals surface area contributed by atoms with Gasteiger partial charge in [-0.3, -0.25) is 0 Å². The van der Waals surface area contributed by atoms with Gasteiger partial charge in [-0.2, -0.15) is 0 Å². The van der Waals surface area contributed by atoms with Crippen molar-refractivity contribution < 1.29 is 0 Å². The van der Waals surface area contributed by atoms with Gasteiger partial charge < -0.3 is 11.1 Å². The number of anilines is 2. The minimum Gasteiger partial charge on any atom is -0.397 e. The summed E-state index contributed by atoms with van der Waals surface area (Å²) in [5.74, 6) is 1.68. The van der Waals surface area contributed by atoms with E-state index in [1.54, 1.807) is 0 Å². The van der Waals surface area contributed by atoms with E-state index in [-0.39, 0.29) is 0 Å². The summed E-state index contributed by atoms with van der Waals surface area (Å²) in [5, 5.41) is 3.49. The zero-order chi connectivity index (χ0) is 11.5. The number of hydrogen-bond donors (Lipinski definition) is 2. The topological polar surface area (TPSA) is 38.0 Å². The fourth-order valence-corrected chi connectivity index (χ4v) is 2.61. The van der Waals surface area contributed by atoms with Gasteiger partial charge in [-0.15, -0.1) is 0 Å². The van der Waals surface area contributed by atoms with Gasteiger partial charge in [-0.05, 0) is 42.9 Å². The standard InChI is InChI=1S/C14H22N2/c1-10-6-7-14(13(15)8-10)16-9-12-5-3-4-11(12)2/h6-8,11-12,16H,3-5,9,15H2,1-2H3. The van der Waals surface area contributed by atoms with Crippen LogP contribution in [0.15, 0.2) is 18.2 Å². The lowest BCUT2D eigenvalue weighted by atomic mass is 9.98. The third-order valence-electron chi connectivity index (χ3n) is 3.80. The van der Waals surface area contributed by atoms with Crippen LogP contribution in [0.3, 0.4) is 0 Å². The van der Waals surface area contributed by atoms with Gasteiger partial charge in [0.05, 0.1) is 11.4 Å². The van der Waals surface area contributed by atoms with E-state index >= 15 is 0 Å². The van der Waals surface area contributed by atoms with Crippen molar-refractivity contribution in [1.29, 1.82) is 0 Å². The van der Waals surface area contributed by atoms with E-state index in [1.165, 1.54) is 24.8 Å². The highest BCUT2D eigenvalue weighted by atomic mass is 14.9. The second-order valence-electron chi connectivity index (χ2n) is 5.14. The van der Waals surface area contributed by atoms with Crippen LogP contribution in [0.4, 0.5) is 11.4 Å². The Morgan fingerprint density at radius 1 is 1.38 bits per heavy atom. The van der Waals surface area contributed by atoms with Gasteiger partial charge in [-0.1, -0.05) is 25.8 Å². The van der Waals surface area contributed by atoms with Gasteiger partial charge >= 0.3 is 0 Å². The van der Waals surface area contributed by atoms with Crippen LogP contribution in [0.5, 0.6) is 0 Å². The molecule has 0 heterocycles. The van der Waals surface area contributed by atoms with Crippen LogP contribution < -0.4 is 11.1 Å². The summed E-state index contributed by atoms with van der Waals surface area (Å²) in [7, 11) is 0. The number of nitrogens with two attached hydrogens (primary N) is 1. The fourth-order valence-electron chi connectivity index (χ4n) is 2.61. The van der Waals surface area contributed by atoms with Crippen molar-refractivity contribution in [3.8, 4) is 0 Å². The van der Waals surface area contributed by atoms with Crippen LogP contribution >= 0.6 is 0 Å². The smallest absolute Gasteiger partial charge is 0.0574 e. The number of nitrogens with one attached hydrogen (secondary N) is 1. The number of benzene rings is 1. The van der Waals surface area contributed by atoms with Crippen molar-refractivity contribution in [1.82, 2.24) is 0 Å². The second-order valence-corrected chi connectivity index (χ2v) is 5.14. The van der Waals surface area contributed by atoms with Crippen molar-refractivity contribution in [2.75, 3.05) is 17.6 Å². The average Bonchev–Trinajstić information content (AvgIpc) is 2.63. The predicted octanol–water partition coefficient (Wildman–Crippen LogP) is 3.43. The number of aryl methyl sites for hydroxylation is 1. The quantitative estimate of drug-likeness (QED) is 0.763. The molecule has 0 aliphatic heterocycles. The monoisotopic (exact) mass is 218 g/mol. The molecular weight excluding hydrogens is 196 g/mol. The Kier molecular flexibility index (Phi) is 3.37. The van der Waals surface area contributed by atoms with Crippen LogP contribution in [0.25, 0.3) is 0 Å². The van der Waals surface area contributed by atoms with Gasteiger partial charge in [0, 0.05) is 6.54 Å². The van der Waals surface area contributed by atoms with Gasteiger partial charge in [0.25, 0.3) is 0 Å². The van der Waals surface area contributed by atoms with Crippen molar-refractivity contribution in [3.63, 3.8) is 0 Å². The first kappa shape index (κ1) is 11.3. The normalized spacial score (nSPS) is 24.6. The molecule has 1 aliphatic rings. The Labute approximate surface area is 98.2 Å². The summed E-state index contributed by atoms with van der Waals surface area (Å²) in [5.41, 5.74) is 9.15. The van der Waals surface area contributed by atoms with Crippen molar-refractivity contribution in [2.24, 2.45) is 11.8 Å². The fraction of sp³-hybridized carbons (Fsp3) is 0.571. The Morgan fingerprint density at radius 2 is 2.19 bits per heavy atom. The predicted molar refractivity (Wildman–Crippen MR) is 70.6 cm³/mol. The van der Waals surface area contributed by atoms with Crippen LogP contribution in [0.2, 0.25) is 0 Å². The molecule has 1 fully saturated rings. The van der Waals surface area contributed by atoms with E-state index in [0.717, 1.165) is 29.8 Å². The molecule has 2 unspecified atom stereocenters. The lowest BCUT2D eigenvalue weighted by Gasteiger charge is -2.17. The maximum atomic E-state index is 5.98. The first-order valence-electron chi connectivity index (χ1n) is 6.27. The Bertz CT molecular complexity index is 360. The molecule has 0 aromatic heterocycles. The highest BCUT2D eigenvalue weighted by molar-refractivity contribution is 5.66. The molecule has 0 radical (unpaired) electrons. The summed E-state index contributed by atoms with van der Waals surface area (Å²) in [4.78, 5) is 0. The molecule has 2 nitrogen and oxygen atoms in total. The minimum atomic E-state index is 0.820. The molecule has 88 valence electrons. The van der Waals surface area contributed by atoms with Crippen LogP contribution in [-0.2, 0) is 0 Å². The maximum Gasteiger partial charge on any atom is 0.0574 e. The highest BCUT2D eigenvalue weighted by Gasteiger charge is 2.22. The summed E-state index contributed by atoms with van der Waals surface area (Å²) >= 11 is 0. The van der Waals surface area contributed by atoms with E-state index < -0.39 is 0 Å². The summed E-state index contributed by atoms with van der Waals surface area (Å²) in [6.45, 7) is 5.49. The molecule has 0 bridgehead atoms. The van der Waals surface area contributed by atoms with Crippen molar-refractivity contribution in [2.45, 2.75) is 33.1 Å². The van der Waals surface area contributed by atoms with Gasteiger partial charge in [0.15, 0.2) is 0 Å². The molecule has 16 heavy (non-hydrogen) atoms. The Hall–Kier alpha value is -1.18. The number of hydrogen-bond acceptors (Lipinski definition) is 2. The molecule has 1 aromatic carbocycles. The molecule has 2 rings (SSSR count). The van der Waals surface area contributed by atoms with E-state index in [2.05, 4.69) is 31.3 Å². The maximum absolute atomic E-state index is 5.98. The average molecular weight is 218 g/mol. The summed E-state index contributed by atoms with van der Waals surface area (Å²) in [6, 6.07) is 6.22. The molecule has 2 heteroatoms. The molecule has 0 saturated heterocycles. The van der Waals surface area contributed by atoms with E-state index in [9.17, 15) is 0 Å². The third kappa shape index (κ3) is 2.49. The zero-order valence-corrected chi connectivity index (χ0v) is 10.3. The van der Waals surface area contributed by atoms with Crippen molar-refractivity contribution >= 4 is 11.4 Å².